The molecule has 2 heterocycles. The highest BCUT2D eigenvalue weighted by atomic mass is 16.5. The van der Waals surface area contributed by atoms with Crippen LogP contribution in [0, 0.1) is 6.92 Å². The number of hydrogen-bond donors (Lipinski definition) is 2. The van der Waals surface area contributed by atoms with E-state index in [1.807, 2.05) is 20.8 Å². The summed E-state index contributed by atoms with van der Waals surface area (Å²) in [6.45, 7) is 5.59. The van der Waals surface area contributed by atoms with E-state index in [-0.39, 0.29) is 23.2 Å². The molecule has 0 saturated heterocycles. The van der Waals surface area contributed by atoms with E-state index < -0.39 is 5.97 Å². The van der Waals surface area contributed by atoms with Gasteiger partial charge in [-0.3, -0.25) is 5.10 Å². The second-order valence-corrected chi connectivity index (χ2v) is 4.39. The van der Waals surface area contributed by atoms with Crippen molar-refractivity contribution in [2.45, 2.75) is 26.7 Å². The van der Waals surface area contributed by atoms with E-state index >= 15 is 0 Å². The normalized spacial score (nSPS) is 10.7. The average Bonchev–Trinajstić information content (AvgIpc) is 2.74. The Morgan fingerprint density at radius 2 is 2.21 bits per heavy atom. The summed E-state index contributed by atoms with van der Waals surface area (Å²) < 4.78 is 5.38. The molecule has 0 amide bonds. The highest BCUT2D eigenvalue weighted by Gasteiger charge is 2.18. The summed E-state index contributed by atoms with van der Waals surface area (Å²) in [5.74, 6) is -0.307. The predicted octanol–water partition coefficient (Wildman–Crippen LogP) is 2.12. The Bertz CT molecular complexity index is 607. The zero-order chi connectivity index (χ0) is 14.0. The standard InChI is InChI=1S/C12H14N4O3/c1-6(2)11-13-5-8(10(14-11)12(17)18)19-9-4-7(3)15-16-9/h4-6H,1-3H3,(H,15,16)(H,17,18). The van der Waals surface area contributed by atoms with E-state index in [9.17, 15) is 4.79 Å². The lowest BCUT2D eigenvalue weighted by atomic mass is 10.2. The highest BCUT2D eigenvalue weighted by molar-refractivity contribution is 5.88. The molecule has 19 heavy (non-hydrogen) atoms. The second-order valence-electron chi connectivity index (χ2n) is 4.39. The van der Waals surface area contributed by atoms with Crippen molar-refractivity contribution in [2.75, 3.05) is 0 Å². The van der Waals surface area contributed by atoms with E-state index in [1.54, 1.807) is 6.07 Å². The molecule has 0 spiro atoms. The molecule has 0 aliphatic carbocycles. The number of aromatic amines is 1. The number of hydrogen-bond acceptors (Lipinski definition) is 5. The van der Waals surface area contributed by atoms with Gasteiger partial charge in [-0.1, -0.05) is 13.8 Å². The Labute approximate surface area is 109 Å². The summed E-state index contributed by atoms with van der Waals surface area (Å²) >= 11 is 0. The largest absolute Gasteiger partial charge is 0.476 e. The molecule has 100 valence electrons. The Kier molecular flexibility index (Phi) is 3.46. The number of nitrogens with one attached hydrogen (secondary N) is 1. The predicted molar refractivity (Wildman–Crippen MR) is 66.5 cm³/mol. The molecule has 0 atom stereocenters. The molecule has 0 unspecified atom stereocenters. The van der Waals surface area contributed by atoms with Crippen LogP contribution in [0.3, 0.4) is 0 Å². The summed E-state index contributed by atoms with van der Waals surface area (Å²) in [4.78, 5) is 19.3. The highest BCUT2D eigenvalue weighted by Crippen LogP contribution is 2.23. The van der Waals surface area contributed by atoms with Crippen molar-refractivity contribution in [3.05, 3.63) is 29.5 Å². The Morgan fingerprint density at radius 1 is 1.47 bits per heavy atom. The van der Waals surface area contributed by atoms with Crippen molar-refractivity contribution >= 4 is 5.97 Å². The number of aryl methyl sites for hydroxylation is 1. The molecule has 2 aromatic rings. The lowest BCUT2D eigenvalue weighted by molar-refractivity contribution is 0.0686. The minimum Gasteiger partial charge on any atom is -0.476 e. The van der Waals surface area contributed by atoms with Crippen LogP contribution in [0.15, 0.2) is 12.3 Å². The monoisotopic (exact) mass is 262 g/mol. The third kappa shape index (κ3) is 2.87. The van der Waals surface area contributed by atoms with Crippen LogP contribution in [0.2, 0.25) is 0 Å². The van der Waals surface area contributed by atoms with Crippen molar-refractivity contribution in [3.8, 4) is 11.6 Å². The van der Waals surface area contributed by atoms with Gasteiger partial charge >= 0.3 is 5.97 Å². The zero-order valence-corrected chi connectivity index (χ0v) is 10.8. The first-order chi connectivity index (χ1) is 8.97. The maximum absolute atomic E-state index is 11.2. The minimum atomic E-state index is -1.16. The van der Waals surface area contributed by atoms with Gasteiger partial charge < -0.3 is 9.84 Å². The quantitative estimate of drug-likeness (QED) is 0.875. The fraction of sp³-hybridized carbons (Fsp3) is 0.333. The molecule has 0 aromatic carbocycles. The van der Waals surface area contributed by atoms with Crippen molar-refractivity contribution in [1.29, 1.82) is 0 Å². The molecule has 0 saturated carbocycles. The second kappa shape index (κ2) is 5.05. The number of ether oxygens (including phenoxy) is 1. The molecule has 2 aromatic heterocycles. The van der Waals surface area contributed by atoms with Crippen molar-refractivity contribution in [2.24, 2.45) is 0 Å². The van der Waals surface area contributed by atoms with Crippen LogP contribution in [-0.4, -0.2) is 31.2 Å². The summed E-state index contributed by atoms with van der Waals surface area (Å²) in [6.07, 6.45) is 1.36. The van der Waals surface area contributed by atoms with Gasteiger partial charge in [-0.25, -0.2) is 14.8 Å². The fourth-order valence-corrected chi connectivity index (χ4v) is 1.45. The fourth-order valence-electron chi connectivity index (χ4n) is 1.45. The van der Waals surface area contributed by atoms with E-state index in [2.05, 4.69) is 20.2 Å². The summed E-state index contributed by atoms with van der Waals surface area (Å²) in [5.41, 5.74) is 0.644. The van der Waals surface area contributed by atoms with Crippen molar-refractivity contribution < 1.29 is 14.6 Å². The Morgan fingerprint density at radius 3 is 2.74 bits per heavy atom. The number of aromatic nitrogens is 4. The molecule has 0 aliphatic rings. The molecule has 0 bridgehead atoms. The molecule has 0 aliphatic heterocycles. The average molecular weight is 262 g/mol. The molecular formula is C12H14N4O3. The van der Waals surface area contributed by atoms with Crippen LogP contribution < -0.4 is 4.74 Å². The third-order valence-corrected chi connectivity index (χ3v) is 2.39. The van der Waals surface area contributed by atoms with Crippen molar-refractivity contribution in [1.82, 2.24) is 20.2 Å². The van der Waals surface area contributed by atoms with Gasteiger partial charge in [0.2, 0.25) is 5.88 Å². The van der Waals surface area contributed by atoms with E-state index in [1.165, 1.54) is 6.20 Å². The minimum absolute atomic E-state index is 0.0415. The number of nitrogens with zero attached hydrogens (tertiary/aromatic N) is 3. The van der Waals surface area contributed by atoms with Gasteiger partial charge in [0.25, 0.3) is 0 Å². The van der Waals surface area contributed by atoms with E-state index in [0.29, 0.717) is 5.82 Å². The van der Waals surface area contributed by atoms with Crippen molar-refractivity contribution in [3.63, 3.8) is 0 Å². The maximum Gasteiger partial charge on any atom is 0.358 e. The topological polar surface area (TPSA) is 101 Å². The lowest BCUT2D eigenvalue weighted by Crippen LogP contribution is -2.08. The molecule has 7 nitrogen and oxygen atoms in total. The first-order valence-electron chi connectivity index (χ1n) is 5.77. The Balaban J connectivity index is 2.36. The number of carboxylic acid groups (broad SMARTS) is 1. The van der Waals surface area contributed by atoms with Gasteiger partial charge in [0.15, 0.2) is 11.4 Å². The van der Waals surface area contributed by atoms with E-state index in [4.69, 9.17) is 9.84 Å². The molecule has 2 rings (SSSR count). The zero-order valence-electron chi connectivity index (χ0n) is 10.8. The van der Waals surface area contributed by atoms with Gasteiger partial charge in [0.1, 0.15) is 5.82 Å². The third-order valence-electron chi connectivity index (χ3n) is 2.39. The van der Waals surface area contributed by atoms with Crippen LogP contribution in [0.5, 0.6) is 11.6 Å². The van der Waals surface area contributed by atoms with Gasteiger partial charge in [-0.2, -0.15) is 0 Å². The summed E-state index contributed by atoms with van der Waals surface area (Å²) in [5, 5.41) is 15.7. The first-order valence-corrected chi connectivity index (χ1v) is 5.77. The number of aromatic carboxylic acids is 1. The van der Waals surface area contributed by atoms with Crippen LogP contribution in [0.1, 0.15) is 41.8 Å². The summed E-state index contributed by atoms with van der Waals surface area (Å²) in [7, 11) is 0. The van der Waals surface area contributed by atoms with Crippen LogP contribution >= 0.6 is 0 Å². The smallest absolute Gasteiger partial charge is 0.358 e. The maximum atomic E-state index is 11.2. The van der Waals surface area contributed by atoms with Crippen LogP contribution in [0.25, 0.3) is 0 Å². The van der Waals surface area contributed by atoms with Gasteiger partial charge in [-0.05, 0) is 6.92 Å². The lowest BCUT2D eigenvalue weighted by Gasteiger charge is -2.08. The molecule has 0 fully saturated rings. The van der Waals surface area contributed by atoms with E-state index in [0.717, 1.165) is 5.69 Å². The number of carboxylic acids is 1. The van der Waals surface area contributed by atoms with Crippen LogP contribution in [0.4, 0.5) is 0 Å². The van der Waals surface area contributed by atoms with Gasteiger partial charge in [0, 0.05) is 17.7 Å². The van der Waals surface area contributed by atoms with Crippen LogP contribution in [-0.2, 0) is 0 Å². The number of rotatable bonds is 4. The molecule has 0 radical (unpaired) electrons. The first kappa shape index (κ1) is 13.0. The SMILES string of the molecule is Cc1cc(Oc2cnc(C(C)C)nc2C(=O)O)n[nH]1. The van der Waals surface area contributed by atoms with Gasteiger partial charge in [0.05, 0.1) is 6.20 Å². The molecule has 7 heteroatoms. The van der Waals surface area contributed by atoms with Gasteiger partial charge in [-0.15, -0.1) is 5.10 Å². The Hall–Kier alpha value is -2.44. The summed E-state index contributed by atoms with van der Waals surface area (Å²) in [6, 6.07) is 1.65. The molecular weight excluding hydrogens is 248 g/mol. The number of carbonyl (C=O) groups is 1. The number of H-pyrrole nitrogens is 1. The molecule has 2 N–H and O–H groups in total.